The summed E-state index contributed by atoms with van der Waals surface area (Å²) in [6.07, 6.45) is 0. The van der Waals surface area contributed by atoms with Crippen molar-refractivity contribution in [2.45, 2.75) is 36.1 Å². The zero-order valence-electron chi connectivity index (χ0n) is 25.1. The van der Waals surface area contributed by atoms with Gasteiger partial charge in [-0.05, 0) is 72.1 Å². The number of benzene rings is 4. The third kappa shape index (κ3) is 6.61. The Hall–Kier alpha value is -4.18. The van der Waals surface area contributed by atoms with E-state index < -0.39 is 44.2 Å². The summed E-state index contributed by atoms with van der Waals surface area (Å²) in [6, 6.07) is 27.5. The number of methoxy groups -OCH3 is 2. The van der Waals surface area contributed by atoms with Crippen molar-refractivity contribution >= 4 is 33.2 Å². The Morgan fingerprint density at radius 3 is 1.73 bits per heavy atom. The fourth-order valence-corrected chi connectivity index (χ4v) is 8.48. The van der Waals surface area contributed by atoms with E-state index in [0.29, 0.717) is 27.6 Å². The minimum Gasteiger partial charge on any atom is -0.497 e. The monoisotopic (exact) mass is 647 g/mol. The molecule has 4 aromatic rings. The zero-order valence-corrected chi connectivity index (χ0v) is 26.7. The minimum absolute atomic E-state index is 0.0312. The smallest absolute Gasteiger partial charge is 0.326 e. The second-order valence-corrected chi connectivity index (χ2v) is 13.3. The molecule has 0 N–H and O–H groups in total. The average molecular weight is 648 g/mol. The van der Waals surface area contributed by atoms with Gasteiger partial charge in [0.1, 0.15) is 16.7 Å². The first-order valence-electron chi connectivity index (χ1n) is 14.5. The van der Waals surface area contributed by atoms with Gasteiger partial charge in [-0.3, -0.25) is 14.5 Å². The van der Waals surface area contributed by atoms with Crippen molar-refractivity contribution in [3.8, 4) is 11.5 Å². The fraction of sp³-hybridized carbons (Fsp3) is 0.257. The molecule has 45 heavy (non-hydrogen) atoms. The Morgan fingerprint density at radius 1 is 0.733 bits per heavy atom. The number of carbonyl (C=O) groups excluding carboxylic acids is 2. The highest BCUT2D eigenvalue weighted by Crippen LogP contribution is 2.48. The first kappa shape index (κ1) is 32.2. The molecule has 1 aliphatic rings. The average Bonchev–Trinajstić information content (AvgIpc) is 3.05. The molecule has 4 aromatic carbocycles. The van der Waals surface area contributed by atoms with Crippen LogP contribution in [-0.2, 0) is 25.9 Å². The van der Waals surface area contributed by atoms with Crippen LogP contribution in [0.25, 0.3) is 0 Å². The maximum absolute atomic E-state index is 14.9. The fourth-order valence-electron chi connectivity index (χ4n) is 5.92. The first-order valence-corrected chi connectivity index (χ1v) is 16.4. The van der Waals surface area contributed by atoms with E-state index in [1.54, 1.807) is 55.5 Å². The minimum atomic E-state index is -4.56. The predicted octanol–water partition coefficient (Wildman–Crippen LogP) is 6.25. The standard InChI is InChI=1S/C35H34ClNO7S/c1-4-44-35(39)34-31(25-14-20-29(43-3)21-15-25)37(22-23-8-6-5-7-9-23)30(24-12-18-28(42-2)19-13-24)33(45(34,40)41)32(38)26-10-16-27(36)17-11-26/h5-21,30-31,33-34H,4,22H2,1-3H3. The van der Waals surface area contributed by atoms with Gasteiger partial charge in [0.25, 0.3) is 0 Å². The van der Waals surface area contributed by atoms with E-state index in [0.717, 1.165) is 5.56 Å². The Morgan fingerprint density at radius 2 is 1.24 bits per heavy atom. The number of halogens is 1. The zero-order chi connectivity index (χ0) is 32.1. The van der Waals surface area contributed by atoms with Gasteiger partial charge in [0.05, 0.1) is 32.9 Å². The molecule has 1 saturated heterocycles. The molecule has 0 spiro atoms. The van der Waals surface area contributed by atoms with Crippen molar-refractivity contribution in [2.24, 2.45) is 0 Å². The molecular weight excluding hydrogens is 614 g/mol. The maximum atomic E-state index is 14.9. The number of esters is 1. The normalized spacial score (nSPS) is 21.1. The predicted molar refractivity (Wildman–Crippen MR) is 172 cm³/mol. The Kier molecular flexibility index (Phi) is 9.92. The van der Waals surface area contributed by atoms with Crippen LogP contribution in [0.5, 0.6) is 11.5 Å². The van der Waals surface area contributed by atoms with Crippen LogP contribution in [0.15, 0.2) is 103 Å². The number of ketones is 1. The number of hydrogen-bond donors (Lipinski definition) is 0. The summed E-state index contributed by atoms with van der Waals surface area (Å²) in [7, 11) is -1.48. The summed E-state index contributed by atoms with van der Waals surface area (Å²) in [6.45, 7) is 1.81. The van der Waals surface area contributed by atoms with Crippen molar-refractivity contribution in [1.82, 2.24) is 4.90 Å². The quantitative estimate of drug-likeness (QED) is 0.147. The van der Waals surface area contributed by atoms with Gasteiger partial charge in [0, 0.05) is 17.1 Å². The highest BCUT2D eigenvalue weighted by atomic mass is 35.5. The lowest BCUT2D eigenvalue weighted by atomic mass is 9.90. The van der Waals surface area contributed by atoms with Crippen molar-refractivity contribution in [3.05, 3.63) is 130 Å². The van der Waals surface area contributed by atoms with Crippen LogP contribution >= 0.6 is 11.6 Å². The van der Waals surface area contributed by atoms with Gasteiger partial charge in [0.15, 0.2) is 20.9 Å². The maximum Gasteiger partial charge on any atom is 0.326 e. The molecule has 0 aromatic heterocycles. The van der Waals surface area contributed by atoms with E-state index in [4.69, 9.17) is 25.8 Å². The number of carbonyl (C=O) groups is 2. The van der Waals surface area contributed by atoms with Gasteiger partial charge in [0.2, 0.25) is 0 Å². The molecule has 1 fully saturated rings. The Labute approximate surface area is 268 Å². The molecule has 1 aliphatic heterocycles. The molecule has 5 rings (SSSR count). The Bertz CT molecular complexity index is 1730. The molecule has 1 heterocycles. The third-order valence-electron chi connectivity index (χ3n) is 8.02. The SMILES string of the molecule is CCOC(=O)C1C(c2ccc(OC)cc2)N(Cc2ccccc2)C(c2ccc(OC)cc2)C(C(=O)c2ccc(Cl)cc2)S1(=O)=O. The Balaban J connectivity index is 1.81. The number of sulfone groups is 1. The summed E-state index contributed by atoms with van der Waals surface area (Å²) in [5.41, 5.74) is 2.17. The van der Waals surface area contributed by atoms with Crippen LogP contribution in [-0.4, -0.2) is 56.4 Å². The molecule has 0 amide bonds. The first-order chi connectivity index (χ1) is 21.7. The lowest BCUT2D eigenvalue weighted by molar-refractivity contribution is -0.144. The molecule has 4 atom stereocenters. The van der Waals surface area contributed by atoms with E-state index in [9.17, 15) is 18.0 Å². The van der Waals surface area contributed by atoms with Crippen molar-refractivity contribution in [2.75, 3.05) is 20.8 Å². The lowest BCUT2D eigenvalue weighted by Gasteiger charge is -2.48. The largest absolute Gasteiger partial charge is 0.497 e. The van der Waals surface area contributed by atoms with Gasteiger partial charge < -0.3 is 14.2 Å². The van der Waals surface area contributed by atoms with E-state index in [1.165, 1.54) is 38.5 Å². The third-order valence-corrected chi connectivity index (χ3v) is 10.6. The number of hydrogen-bond acceptors (Lipinski definition) is 8. The summed E-state index contributed by atoms with van der Waals surface area (Å²) in [5, 5.41) is -2.95. The number of ether oxygens (including phenoxy) is 3. The number of nitrogens with zero attached hydrogens (tertiary/aromatic N) is 1. The molecule has 4 unspecified atom stereocenters. The molecule has 0 saturated carbocycles. The van der Waals surface area contributed by atoms with Gasteiger partial charge in [-0.15, -0.1) is 0 Å². The number of Topliss-reactive ketones (excluding diaryl/α,β-unsaturated/α-hetero) is 1. The van der Waals surface area contributed by atoms with Crippen molar-refractivity contribution in [3.63, 3.8) is 0 Å². The summed E-state index contributed by atoms with van der Waals surface area (Å²) < 4.78 is 46.0. The topological polar surface area (TPSA) is 99.2 Å². The van der Waals surface area contributed by atoms with E-state index in [1.807, 2.05) is 35.2 Å². The van der Waals surface area contributed by atoms with Gasteiger partial charge in [-0.2, -0.15) is 0 Å². The molecule has 8 nitrogen and oxygen atoms in total. The second-order valence-electron chi connectivity index (χ2n) is 10.6. The van der Waals surface area contributed by atoms with Crippen LogP contribution in [0.2, 0.25) is 5.02 Å². The highest BCUT2D eigenvalue weighted by molar-refractivity contribution is 7.94. The van der Waals surface area contributed by atoms with Gasteiger partial charge in [-0.25, -0.2) is 8.42 Å². The van der Waals surface area contributed by atoms with Crippen LogP contribution in [0.1, 0.15) is 46.1 Å². The molecule has 0 radical (unpaired) electrons. The summed E-state index contributed by atoms with van der Waals surface area (Å²) in [5.74, 6) is -0.419. The van der Waals surface area contributed by atoms with Crippen LogP contribution in [0, 0.1) is 0 Å². The van der Waals surface area contributed by atoms with Gasteiger partial charge in [-0.1, -0.05) is 66.2 Å². The molecule has 0 aliphatic carbocycles. The lowest BCUT2D eigenvalue weighted by Crippen LogP contribution is -2.60. The molecule has 10 heteroatoms. The number of rotatable bonds is 10. The van der Waals surface area contributed by atoms with Crippen LogP contribution < -0.4 is 9.47 Å². The van der Waals surface area contributed by atoms with Crippen molar-refractivity contribution in [1.29, 1.82) is 0 Å². The van der Waals surface area contributed by atoms with Crippen molar-refractivity contribution < 1.29 is 32.2 Å². The summed E-state index contributed by atoms with van der Waals surface area (Å²) in [4.78, 5) is 30.2. The highest BCUT2D eigenvalue weighted by Gasteiger charge is 2.59. The van der Waals surface area contributed by atoms with E-state index >= 15 is 0 Å². The molecular formula is C35H34ClNO7S. The molecule has 234 valence electrons. The van der Waals surface area contributed by atoms with Gasteiger partial charge >= 0.3 is 5.97 Å². The van der Waals surface area contributed by atoms with E-state index in [2.05, 4.69) is 0 Å². The second kappa shape index (κ2) is 13.9. The van der Waals surface area contributed by atoms with Crippen LogP contribution in [0.3, 0.4) is 0 Å². The van der Waals surface area contributed by atoms with E-state index in [-0.39, 0.29) is 18.7 Å². The molecule has 0 bridgehead atoms. The summed E-state index contributed by atoms with van der Waals surface area (Å²) >= 11 is 6.11. The van der Waals surface area contributed by atoms with Crippen LogP contribution in [0.4, 0.5) is 0 Å².